The van der Waals surface area contributed by atoms with E-state index in [0.29, 0.717) is 0 Å². The van der Waals surface area contributed by atoms with Crippen molar-refractivity contribution < 1.29 is 0 Å². The summed E-state index contributed by atoms with van der Waals surface area (Å²) in [6, 6.07) is 50.8. The van der Waals surface area contributed by atoms with Crippen LogP contribution in [0, 0.1) is 0 Å². The smallest absolute Gasteiger partial charge is 0.0541 e. The number of anilines is 2. The van der Waals surface area contributed by atoms with Gasteiger partial charge in [0.1, 0.15) is 0 Å². The van der Waals surface area contributed by atoms with Crippen LogP contribution in [0.3, 0.4) is 0 Å². The SMILES string of the molecule is CC12CCCCC1(C)N(c1cc(Cl)cc(-n3c4ccc(-c5ccccc5)cc4c4cc(-c5ccccc5)ccc43)c1)c1ccccc12. The number of nitrogens with zero attached hydrogens (tertiary/aromatic N) is 2. The monoisotopic (exact) mass is 628 g/mol. The van der Waals surface area contributed by atoms with E-state index in [4.69, 9.17) is 11.6 Å². The fraction of sp³-hybridized carbons (Fsp3) is 0.182. The number of aromatic nitrogens is 1. The minimum atomic E-state index is -0.0348. The summed E-state index contributed by atoms with van der Waals surface area (Å²) >= 11 is 7.10. The molecule has 2 nitrogen and oxygen atoms in total. The Morgan fingerprint density at radius 2 is 1.09 bits per heavy atom. The molecule has 1 aliphatic carbocycles. The van der Waals surface area contributed by atoms with E-state index in [0.717, 1.165) is 22.8 Å². The summed E-state index contributed by atoms with van der Waals surface area (Å²) in [5, 5.41) is 3.22. The lowest BCUT2D eigenvalue weighted by Crippen LogP contribution is -2.54. The normalized spacial score (nSPS) is 20.4. The third kappa shape index (κ3) is 4.24. The van der Waals surface area contributed by atoms with Gasteiger partial charge in [-0.3, -0.25) is 0 Å². The Labute approximate surface area is 281 Å². The number of hydrogen-bond acceptors (Lipinski definition) is 1. The van der Waals surface area contributed by atoms with Crippen molar-refractivity contribution in [3.8, 4) is 27.9 Å². The first kappa shape index (κ1) is 28.4. The molecule has 0 amide bonds. The first-order valence-electron chi connectivity index (χ1n) is 16.8. The number of fused-ring (bicyclic) bond motifs is 6. The molecule has 0 radical (unpaired) electrons. The highest BCUT2D eigenvalue weighted by Crippen LogP contribution is 2.61. The third-order valence-electron chi connectivity index (χ3n) is 11.4. The Hall–Kier alpha value is -4.79. The second-order valence-corrected chi connectivity index (χ2v) is 14.3. The topological polar surface area (TPSA) is 8.17 Å². The molecule has 2 unspecified atom stereocenters. The van der Waals surface area contributed by atoms with Gasteiger partial charge in [-0.25, -0.2) is 0 Å². The number of hydrogen-bond donors (Lipinski definition) is 0. The van der Waals surface area contributed by atoms with Crippen LogP contribution in [-0.4, -0.2) is 10.1 Å². The standard InChI is InChI=1S/C44H37ClN2/c1-43-23-11-12-24-44(43,2)47(42-18-10-9-17-39(42)43)36-28-34(45)27-35(29-36)46-40-21-19-32(30-13-5-3-6-14-30)25-37(40)38-26-33(20-22-41(38)46)31-15-7-4-8-16-31/h3-10,13-22,25-29H,11-12,23-24H2,1-2H3. The van der Waals surface area contributed by atoms with Gasteiger partial charge in [-0.2, -0.15) is 0 Å². The van der Waals surface area contributed by atoms with Crippen molar-refractivity contribution >= 4 is 44.8 Å². The summed E-state index contributed by atoms with van der Waals surface area (Å²) in [5.41, 5.74) is 12.3. The molecule has 47 heavy (non-hydrogen) atoms. The maximum absolute atomic E-state index is 7.10. The number of halogens is 1. The van der Waals surface area contributed by atoms with Crippen molar-refractivity contribution in [1.82, 2.24) is 4.57 Å². The minimum absolute atomic E-state index is 0.0348. The summed E-state index contributed by atoms with van der Waals surface area (Å²) in [7, 11) is 0. The Morgan fingerprint density at radius 1 is 0.532 bits per heavy atom. The molecule has 0 N–H and O–H groups in total. The second-order valence-electron chi connectivity index (χ2n) is 13.9. The van der Waals surface area contributed by atoms with Crippen LogP contribution in [0.2, 0.25) is 5.02 Å². The summed E-state index contributed by atoms with van der Waals surface area (Å²) in [6.45, 7) is 4.96. The molecule has 0 bridgehead atoms. The first-order valence-corrected chi connectivity index (χ1v) is 17.2. The zero-order chi connectivity index (χ0) is 31.8. The lowest BCUT2D eigenvalue weighted by Gasteiger charge is -2.50. The van der Waals surface area contributed by atoms with Crippen molar-refractivity contribution in [2.45, 2.75) is 50.5 Å². The van der Waals surface area contributed by atoms with Gasteiger partial charge in [-0.1, -0.05) is 122 Å². The zero-order valence-corrected chi connectivity index (χ0v) is 27.6. The summed E-state index contributed by atoms with van der Waals surface area (Å²) < 4.78 is 2.41. The quantitative estimate of drug-likeness (QED) is 0.188. The van der Waals surface area contributed by atoms with Gasteiger partial charge in [0.05, 0.1) is 16.6 Å². The molecule has 0 spiro atoms. The van der Waals surface area contributed by atoms with Crippen LogP contribution in [0.4, 0.5) is 11.4 Å². The largest absolute Gasteiger partial charge is 0.334 e. The van der Waals surface area contributed by atoms with Crippen LogP contribution in [0.25, 0.3) is 49.7 Å². The maximum Gasteiger partial charge on any atom is 0.0541 e. The number of rotatable bonds is 4. The van der Waals surface area contributed by atoms with E-state index in [1.807, 2.05) is 0 Å². The predicted molar refractivity (Wildman–Crippen MR) is 199 cm³/mol. The summed E-state index contributed by atoms with van der Waals surface area (Å²) in [6.07, 6.45) is 4.86. The van der Waals surface area contributed by atoms with E-state index in [2.05, 4.69) is 163 Å². The molecule has 1 fully saturated rings. The molecular formula is C44H37ClN2. The van der Waals surface area contributed by atoms with Crippen LogP contribution in [0.15, 0.2) is 140 Å². The first-order chi connectivity index (χ1) is 22.9. The minimum Gasteiger partial charge on any atom is -0.334 e. The molecule has 2 heterocycles. The van der Waals surface area contributed by atoms with E-state index >= 15 is 0 Å². The van der Waals surface area contributed by atoms with E-state index in [1.54, 1.807) is 0 Å². The van der Waals surface area contributed by atoms with Crippen LogP contribution >= 0.6 is 11.6 Å². The third-order valence-corrected chi connectivity index (χ3v) is 11.6. The number of para-hydroxylation sites is 1. The molecular weight excluding hydrogens is 592 g/mol. The van der Waals surface area contributed by atoms with Crippen LogP contribution in [0.5, 0.6) is 0 Å². The lowest BCUT2D eigenvalue weighted by molar-refractivity contribution is 0.195. The van der Waals surface area contributed by atoms with Gasteiger partial charge >= 0.3 is 0 Å². The molecule has 1 saturated carbocycles. The van der Waals surface area contributed by atoms with Crippen LogP contribution in [-0.2, 0) is 5.41 Å². The Morgan fingerprint density at radius 3 is 1.72 bits per heavy atom. The van der Waals surface area contributed by atoms with Crippen molar-refractivity contribution in [3.05, 3.63) is 150 Å². The van der Waals surface area contributed by atoms with Crippen molar-refractivity contribution in [2.24, 2.45) is 0 Å². The lowest BCUT2D eigenvalue weighted by atomic mass is 9.61. The average molecular weight is 629 g/mol. The van der Waals surface area contributed by atoms with Gasteiger partial charge in [0.2, 0.25) is 0 Å². The highest BCUT2D eigenvalue weighted by Gasteiger charge is 2.57. The van der Waals surface area contributed by atoms with Crippen LogP contribution in [0.1, 0.15) is 45.1 Å². The molecule has 1 aliphatic heterocycles. The van der Waals surface area contributed by atoms with Gasteiger partial charge < -0.3 is 9.47 Å². The molecule has 230 valence electrons. The number of benzene rings is 6. The molecule has 2 aliphatic rings. The molecule has 0 saturated heterocycles. The fourth-order valence-corrected chi connectivity index (χ4v) is 9.06. The van der Waals surface area contributed by atoms with Gasteiger partial charge in [-0.15, -0.1) is 0 Å². The molecule has 9 rings (SSSR count). The van der Waals surface area contributed by atoms with Gasteiger partial charge in [0.15, 0.2) is 0 Å². The molecule has 6 aromatic carbocycles. The second kappa shape index (κ2) is 10.6. The molecule has 7 aromatic rings. The predicted octanol–water partition coefficient (Wildman–Crippen LogP) is 12.5. The Kier molecular flexibility index (Phi) is 6.42. The van der Waals surface area contributed by atoms with E-state index in [-0.39, 0.29) is 11.0 Å². The van der Waals surface area contributed by atoms with Crippen molar-refractivity contribution in [2.75, 3.05) is 4.90 Å². The van der Waals surface area contributed by atoms with E-state index in [9.17, 15) is 0 Å². The average Bonchev–Trinajstić information content (AvgIpc) is 3.54. The molecule has 3 heteroatoms. The van der Waals surface area contributed by atoms with Crippen LogP contribution < -0.4 is 4.90 Å². The van der Waals surface area contributed by atoms with Gasteiger partial charge in [0.25, 0.3) is 0 Å². The van der Waals surface area contributed by atoms with Gasteiger partial charge in [0, 0.05) is 38.3 Å². The van der Waals surface area contributed by atoms with E-state index in [1.165, 1.54) is 74.6 Å². The molecule has 1 aromatic heterocycles. The maximum atomic E-state index is 7.10. The van der Waals surface area contributed by atoms with E-state index < -0.39 is 0 Å². The van der Waals surface area contributed by atoms with Crippen molar-refractivity contribution in [1.29, 1.82) is 0 Å². The fourth-order valence-electron chi connectivity index (χ4n) is 8.84. The Bertz CT molecular complexity index is 2210. The molecule has 2 atom stereocenters. The van der Waals surface area contributed by atoms with Crippen molar-refractivity contribution in [3.63, 3.8) is 0 Å². The van der Waals surface area contributed by atoms with Gasteiger partial charge in [-0.05, 0) is 96.1 Å². The summed E-state index contributed by atoms with van der Waals surface area (Å²) in [5.74, 6) is 0. The highest BCUT2D eigenvalue weighted by atomic mass is 35.5. The zero-order valence-electron chi connectivity index (χ0n) is 26.9. The Balaban J connectivity index is 1.28. The highest BCUT2D eigenvalue weighted by molar-refractivity contribution is 6.31. The summed E-state index contributed by atoms with van der Waals surface area (Å²) in [4.78, 5) is 2.62.